The summed E-state index contributed by atoms with van der Waals surface area (Å²) in [5.74, 6) is -0.0717. The second-order valence-electron chi connectivity index (χ2n) is 7.35. The molecule has 32 heavy (non-hydrogen) atoms. The smallest absolute Gasteiger partial charge is 0.261 e. The molecule has 1 aromatic heterocycles. The van der Waals surface area contributed by atoms with Crippen LogP contribution in [0.25, 0.3) is 10.9 Å². The monoisotopic (exact) mass is 460 g/mol. The number of hydrogen-bond acceptors (Lipinski definition) is 7. The zero-order valence-corrected chi connectivity index (χ0v) is 17.7. The minimum atomic E-state index is -1.40. The predicted molar refractivity (Wildman–Crippen MR) is 117 cm³/mol. The van der Waals surface area contributed by atoms with E-state index in [-0.39, 0.29) is 16.0 Å². The lowest BCUT2D eigenvalue weighted by Gasteiger charge is -2.22. The molecule has 10 heteroatoms. The Morgan fingerprint density at radius 1 is 1.19 bits per heavy atom. The van der Waals surface area contributed by atoms with Crippen LogP contribution < -0.4 is 15.5 Å². The molecule has 0 unspecified atom stereocenters. The summed E-state index contributed by atoms with van der Waals surface area (Å²) < 4.78 is 12.1. The summed E-state index contributed by atoms with van der Waals surface area (Å²) in [6.45, 7) is -0.510. The van der Waals surface area contributed by atoms with Crippen LogP contribution in [0.1, 0.15) is 16.6 Å². The fourth-order valence-corrected chi connectivity index (χ4v) is 3.85. The third kappa shape index (κ3) is 3.96. The van der Waals surface area contributed by atoms with E-state index in [1.165, 1.54) is 23.9 Å². The minimum absolute atomic E-state index is 0.137. The first-order chi connectivity index (χ1) is 15.3. The Hall–Kier alpha value is -2.95. The van der Waals surface area contributed by atoms with Gasteiger partial charge in [0.05, 0.1) is 19.2 Å². The van der Waals surface area contributed by atoms with E-state index >= 15 is 0 Å². The molecule has 2 aromatic carbocycles. The largest absolute Gasteiger partial charge is 0.497 e. The molecule has 4 rings (SSSR count). The van der Waals surface area contributed by atoms with Gasteiger partial charge in [-0.1, -0.05) is 11.6 Å². The Labute approximate surface area is 187 Å². The number of aliphatic hydroxyl groups is 3. The number of aromatic nitrogens is 1. The molecule has 1 aliphatic heterocycles. The highest BCUT2D eigenvalue weighted by atomic mass is 35.5. The van der Waals surface area contributed by atoms with Crippen molar-refractivity contribution in [3.05, 3.63) is 69.5 Å². The molecule has 1 aliphatic rings. The Morgan fingerprint density at radius 2 is 1.91 bits per heavy atom. The zero-order valence-electron chi connectivity index (χ0n) is 16.9. The second kappa shape index (κ2) is 8.89. The maximum absolute atomic E-state index is 13.1. The molecule has 9 nitrogen and oxygen atoms in total. The first kappa shape index (κ1) is 22.3. The van der Waals surface area contributed by atoms with Gasteiger partial charge in [-0.05, 0) is 42.5 Å². The number of halogens is 1. The number of carbonyl (C=O) groups excluding carboxylic acids is 1. The van der Waals surface area contributed by atoms with Crippen LogP contribution in [0.15, 0.2) is 53.5 Å². The first-order valence-corrected chi connectivity index (χ1v) is 10.1. The zero-order chi connectivity index (χ0) is 23.0. The van der Waals surface area contributed by atoms with Crippen molar-refractivity contribution in [2.75, 3.05) is 19.0 Å². The van der Waals surface area contributed by atoms with Crippen LogP contribution in [0, 0.1) is 0 Å². The number of fused-ring (bicyclic) bond motifs is 1. The van der Waals surface area contributed by atoms with E-state index in [0.29, 0.717) is 17.0 Å². The van der Waals surface area contributed by atoms with Crippen LogP contribution in [-0.2, 0) is 4.74 Å². The molecule has 168 valence electrons. The number of pyridine rings is 1. The molecule has 1 amide bonds. The molecule has 0 bridgehead atoms. The molecule has 0 radical (unpaired) electrons. The van der Waals surface area contributed by atoms with Crippen molar-refractivity contribution in [2.24, 2.45) is 0 Å². The average Bonchev–Trinajstić information content (AvgIpc) is 3.08. The number of anilines is 1. The van der Waals surface area contributed by atoms with Crippen molar-refractivity contribution >= 4 is 34.1 Å². The summed E-state index contributed by atoms with van der Waals surface area (Å²) in [6, 6.07) is 11.1. The highest BCUT2D eigenvalue weighted by Crippen LogP contribution is 2.32. The highest BCUT2D eigenvalue weighted by molar-refractivity contribution is 6.31. The maximum Gasteiger partial charge on any atom is 0.261 e. The van der Waals surface area contributed by atoms with Crippen molar-refractivity contribution in [3.8, 4) is 5.75 Å². The molecular weight excluding hydrogens is 440 g/mol. The van der Waals surface area contributed by atoms with Gasteiger partial charge in [0.1, 0.15) is 29.6 Å². The van der Waals surface area contributed by atoms with Crippen LogP contribution in [0.2, 0.25) is 5.02 Å². The second-order valence-corrected chi connectivity index (χ2v) is 7.79. The summed E-state index contributed by atoms with van der Waals surface area (Å²) in [6.07, 6.45) is -3.64. The summed E-state index contributed by atoms with van der Waals surface area (Å²) >= 11 is 6.08. The lowest BCUT2D eigenvalue weighted by atomic mass is 10.1. The number of hydrogen-bond donors (Lipinski definition) is 4. The van der Waals surface area contributed by atoms with Gasteiger partial charge in [0, 0.05) is 22.3 Å². The number of carbonyl (C=O) groups is 1. The topological polar surface area (TPSA) is 130 Å². The van der Waals surface area contributed by atoms with E-state index in [0.717, 1.165) is 0 Å². The lowest BCUT2D eigenvalue weighted by molar-refractivity contribution is -0.0509. The third-order valence-electron chi connectivity index (χ3n) is 5.38. The summed E-state index contributed by atoms with van der Waals surface area (Å²) in [5, 5.41) is 33.1. The highest BCUT2D eigenvalue weighted by Gasteiger charge is 2.43. The minimum Gasteiger partial charge on any atom is -0.497 e. The van der Waals surface area contributed by atoms with E-state index < -0.39 is 42.5 Å². The quantitative estimate of drug-likeness (QED) is 0.454. The Kier molecular flexibility index (Phi) is 6.18. The number of ether oxygens (including phenoxy) is 2. The van der Waals surface area contributed by atoms with Crippen molar-refractivity contribution in [2.45, 2.75) is 24.5 Å². The van der Waals surface area contributed by atoms with Crippen LogP contribution in [0.3, 0.4) is 0 Å². The maximum atomic E-state index is 13.1. The van der Waals surface area contributed by atoms with Gasteiger partial charge in [0.15, 0.2) is 6.23 Å². The molecule has 4 N–H and O–H groups in total. The van der Waals surface area contributed by atoms with Gasteiger partial charge < -0.3 is 34.7 Å². The van der Waals surface area contributed by atoms with Crippen molar-refractivity contribution in [1.82, 2.24) is 4.57 Å². The van der Waals surface area contributed by atoms with Crippen LogP contribution >= 0.6 is 11.6 Å². The van der Waals surface area contributed by atoms with Gasteiger partial charge in [0.2, 0.25) is 5.43 Å². The molecule has 0 aliphatic carbocycles. The number of aliphatic hydroxyl groups excluding tert-OH is 3. The number of benzene rings is 2. The molecule has 4 atom stereocenters. The summed E-state index contributed by atoms with van der Waals surface area (Å²) in [5.41, 5.74) is 0.0147. The summed E-state index contributed by atoms with van der Waals surface area (Å²) in [4.78, 5) is 26.1. The van der Waals surface area contributed by atoms with Crippen LogP contribution in [0.4, 0.5) is 5.69 Å². The summed E-state index contributed by atoms with van der Waals surface area (Å²) in [7, 11) is 1.52. The average molecular weight is 461 g/mol. The molecular formula is C22H21ClN2O7. The third-order valence-corrected chi connectivity index (χ3v) is 5.61. The van der Waals surface area contributed by atoms with E-state index in [4.69, 9.17) is 21.1 Å². The number of nitrogens with zero attached hydrogens (tertiary/aromatic N) is 1. The van der Waals surface area contributed by atoms with E-state index in [1.54, 1.807) is 36.4 Å². The first-order valence-electron chi connectivity index (χ1n) is 9.76. The van der Waals surface area contributed by atoms with Crippen molar-refractivity contribution in [3.63, 3.8) is 0 Å². The molecule has 0 spiro atoms. The number of rotatable bonds is 5. The van der Waals surface area contributed by atoms with Crippen LogP contribution in [0.5, 0.6) is 5.75 Å². The number of amides is 1. The Bertz CT molecular complexity index is 1210. The lowest BCUT2D eigenvalue weighted by Crippen LogP contribution is -2.33. The fourth-order valence-electron chi connectivity index (χ4n) is 3.68. The van der Waals surface area contributed by atoms with E-state index in [2.05, 4.69) is 5.32 Å². The van der Waals surface area contributed by atoms with Crippen molar-refractivity contribution in [1.29, 1.82) is 0 Å². The van der Waals surface area contributed by atoms with Crippen molar-refractivity contribution < 1.29 is 29.6 Å². The number of methoxy groups -OCH3 is 1. The van der Waals surface area contributed by atoms with Gasteiger partial charge in [-0.25, -0.2) is 0 Å². The molecule has 3 aromatic rings. The standard InChI is InChI=1S/C22H21ClN2O7/c1-31-13-5-3-12(4-6-13)24-21(30)15-9-25(22-20(29)19(28)17(10-26)32-22)16-7-2-11(23)8-14(16)18(15)27/h2-9,17,19-20,22,26,28-29H,10H2,1H3,(H,24,30)/t17-,19-,20-,22-/m1/s1. The van der Waals surface area contributed by atoms with Gasteiger partial charge >= 0.3 is 0 Å². The Morgan fingerprint density at radius 3 is 2.53 bits per heavy atom. The SMILES string of the molecule is COc1ccc(NC(=O)c2cn([C@@H]3O[C@H](CO)[C@@H](O)[C@H]3O)c3ccc(Cl)cc3c2=O)cc1. The van der Waals surface area contributed by atoms with Gasteiger partial charge in [0.25, 0.3) is 5.91 Å². The van der Waals surface area contributed by atoms with Gasteiger partial charge in [-0.2, -0.15) is 0 Å². The van der Waals surface area contributed by atoms with Gasteiger partial charge in [-0.3, -0.25) is 9.59 Å². The van der Waals surface area contributed by atoms with E-state index in [1.807, 2.05) is 0 Å². The van der Waals surface area contributed by atoms with Crippen LogP contribution in [-0.4, -0.2) is 57.8 Å². The normalized spacial score (nSPS) is 22.8. The fraction of sp³-hybridized carbons (Fsp3) is 0.273. The predicted octanol–water partition coefficient (Wildman–Crippen LogP) is 1.53. The van der Waals surface area contributed by atoms with E-state index in [9.17, 15) is 24.9 Å². The molecule has 1 saturated heterocycles. The number of nitrogens with one attached hydrogen (secondary N) is 1. The molecule has 2 heterocycles. The molecule has 1 fully saturated rings. The Balaban J connectivity index is 1.80. The molecule has 0 saturated carbocycles. The van der Waals surface area contributed by atoms with Gasteiger partial charge in [-0.15, -0.1) is 0 Å².